The number of aromatic nitrogens is 1. The fourth-order valence-corrected chi connectivity index (χ4v) is 7.31. The molecule has 5 aliphatic rings. The van der Waals surface area contributed by atoms with Crippen LogP contribution < -0.4 is 26.4 Å². The number of rotatable bonds is 14. The van der Waals surface area contributed by atoms with Crippen molar-refractivity contribution >= 4 is 56.3 Å². The van der Waals surface area contributed by atoms with Crippen LogP contribution in [0.15, 0.2) is 34.8 Å². The molecule has 4 atom stereocenters. The maximum absolute atomic E-state index is 13.5. The van der Waals surface area contributed by atoms with Crippen LogP contribution in [0.5, 0.6) is 5.75 Å². The molecule has 5 fully saturated rings. The van der Waals surface area contributed by atoms with Crippen LogP contribution in [-0.4, -0.2) is 131 Å². The van der Waals surface area contributed by atoms with Crippen molar-refractivity contribution in [3.8, 4) is 5.75 Å². The Labute approximate surface area is 282 Å². The predicted molar refractivity (Wildman–Crippen MR) is 169 cm³/mol. The van der Waals surface area contributed by atoms with Crippen LogP contribution in [0.4, 0.5) is 9.93 Å². The number of nitrogen functional groups attached to an aromatic ring is 1. The molecule has 8 N–H and O–H groups in total. The number of carbonyl (C=O) groups is 3. The number of carboxylic acids is 1. The van der Waals surface area contributed by atoms with Gasteiger partial charge in [-0.25, -0.2) is 14.6 Å². The molecule has 0 spiro atoms. The molecule has 0 saturated carbocycles. The highest BCUT2D eigenvalue weighted by atomic mass is 32.2. The van der Waals surface area contributed by atoms with Gasteiger partial charge in [-0.05, 0) is 50.2 Å². The van der Waals surface area contributed by atoms with Gasteiger partial charge in [0, 0.05) is 17.0 Å². The third-order valence-corrected chi connectivity index (χ3v) is 9.94. The topological polar surface area (TPSA) is 280 Å². The van der Waals surface area contributed by atoms with E-state index in [0.717, 1.165) is 42.2 Å². The van der Waals surface area contributed by atoms with Gasteiger partial charge in [0.1, 0.15) is 36.5 Å². The molecule has 6 heterocycles. The number of piperidine rings is 1. The standard InChI is InChI=1S/C27H33N9O11S2/c28-21(31-15-5-7-30-8-6-15)14-1-3-16(4-2-14)45-11-18(24(38)39)47-34-19(17-12-48-25(29)32-17)22(37)33-20-23-36(49(41,42)43)27(20,46-23)13-35-9-10-44-26(35)40/h1-4,12,15,18,20,23,30H,5-11,13H2,(H2,28,31)(H2,29,32)(H,33,37)(H,38,39)(H,41,42,43)/b34-19-/t18?,20-,23?,27-/m0/s1. The fraction of sp³-hybridized carbons (Fsp3) is 0.481. The van der Waals surface area contributed by atoms with Crippen LogP contribution in [-0.2, 0) is 34.2 Å². The van der Waals surface area contributed by atoms with Gasteiger partial charge >= 0.3 is 22.4 Å². The van der Waals surface area contributed by atoms with Crippen molar-refractivity contribution in [2.75, 3.05) is 45.1 Å². The van der Waals surface area contributed by atoms with Crippen LogP contribution in [0.25, 0.3) is 0 Å². The number of amides is 2. The predicted octanol–water partition coefficient (Wildman–Crippen LogP) is -1.25. The molecule has 5 saturated heterocycles. The number of thiazole rings is 1. The second kappa shape index (κ2) is 13.7. The van der Waals surface area contributed by atoms with E-state index in [2.05, 4.69) is 26.1 Å². The molecule has 2 bridgehead atoms. The molecule has 2 aromatic rings. The van der Waals surface area contributed by atoms with E-state index < -0.39 is 64.7 Å². The van der Waals surface area contributed by atoms with E-state index in [0.29, 0.717) is 15.6 Å². The Balaban J connectivity index is 1.12. The monoisotopic (exact) mass is 723 g/mol. The number of nitrogens with zero attached hydrogens (tertiary/aromatic N) is 4. The molecule has 0 aliphatic carbocycles. The lowest BCUT2D eigenvalue weighted by Crippen LogP contribution is -2.96. The summed E-state index contributed by atoms with van der Waals surface area (Å²) in [5, 5.41) is 32.4. The number of amidine groups is 1. The SMILES string of the molecule is N=C(NC1CCNCC1)c1ccc(OCC(O/N=C(\C(=O)N[C@H]2C3O[C@]2(CN2CCOC2=O)N3S(=O)(=O)O)c2csc(N)n2)C(=O)O)cc1. The quantitative estimate of drug-likeness (QED) is 0.0519. The van der Waals surface area contributed by atoms with E-state index in [1.807, 2.05) is 0 Å². The Bertz CT molecular complexity index is 1750. The number of oxime groups is 1. The highest BCUT2D eigenvalue weighted by molar-refractivity contribution is 7.83. The van der Waals surface area contributed by atoms with Crippen molar-refractivity contribution in [1.29, 1.82) is 5.41 Å². The van der Waals surface area contributed by atoms with Crippen molar-refractivity contribution in [2.45, 2.75) is 43.0 Å². The van der Waals surface area contributed by atoms with Gasteiger partial charge in [0.2, 0.25) is 0 Å². The lowest BCUT2D eigenvalue weighted by molar-refractivity contribution is -0.444. The molecule has 7 rings (SSSR count). The number of anilines is 1. The number of carbonyl (C=O) groups excluding carboxylic acids is 2. The second-order valence-corrected chi connectivity index (χ2v) is 13.6. The Morgan fingerprint density at radius 1 is 1.27 bits per heavy atom. The summed E-state index contributed by atoms with van der Waals surface area (Å²) in [6, 6.07) is 5.61. The van der Waals surface area contributed by atoms with Gasteiger partial charge in [0.25, 0.3) is 12.0 Å². The zero-order valence-corrected chi connectivity index (χ0v) is 27.2. The number of hydrogen-bond acceptors (Lipinski definition) is 15. The zero-order valence-electron chi connectivity index (χ0n) is 25.6. The summed E-state index contributed by atoms with van der Waals surface area (Å²) in [6.07, 6.45) is -1.91. The lowest BCUT2D eigenvalue weighted by atomic mass is 9.84. The summed E-state index contributed by atoms with van der Waals surface area (Å²) in [5.41, 5.74) is 3.96. The van der Waals surface area contributed by atoms with E-state index in [1.165, 1.54) is 5.38 Å². The summed E-state index contributed by atoms with van der Waals surface area (Å²) in [4.78, 5) is 48.0. The summed E-state index contributed by atoms with van der Waals surface area (Å²) < 4.78 is 50.4. The Morgan fingerprint density at radius 2 is 2.00 bits per heavy atom. The van der Waals surface area contributed by atoms with Gasteiger partial charge < -0.3 is 50.7 Å². The first-order chi connectivity index (χ1) is 23.4. The molecule has 49 heavy (non-hydrogen) atoms. The summed E-state index contributed by atoms with van der Waals surface area (Å²) >= 11 is 0.967. The molecule has 264 valence electrons. The summed E-state index contributed by atoms with van der Waals surface area (Å²) in [6.45, 7) is 1.05. The van der Waals surface area contributed by atoms with Gasteiger partial charge in [-0.3, -0.25) is 14.8 Å². The number of benzene rings is 1. The fourth-order valence-electron chi connectivity index (χ4n) is 5.73. The number of nitrogens with one attached hydrogen (secondary N) is 4. The Morgan fingerprint density at radius 3 is 2.59 bits per heavy atom. The van der Waals surface area contributed by atoms with E-state index in [1.54, 1.807) is 24.3 Å². The minimum atomic E-state index is -4.79. The molecule has 5 aliphatic heterocycles. The molecule has 2 amide bonds. The van der Waals surface area contributed by atoms with Gasteiger partial charge in [-0.1, -0.05) is 5.16 Å². The number of hydrogen-bond donors (Lipinski definition) is 7. The van der Waals surface area contributed by atoms with E-state index in [9.17, 15) is 32.5 Å². The van der Waals surface area contributed by atoms with Crippen LogP contribution in [0.2, 0.25) is 0 Å². The minimum absolute atomic E-state index is 0.0568. The number of ether oxygens (including phenoxy) is 3. The van der Waals surface area contributed by atoms with Gasteiger partial charge in [-0.15, -0.1) is 15.6 Å². The molecule has 2 unspecified atom stereocenters. The van der Waals surface area contributed by atoms with E-state index in [-0.39, 0.29) is 42.4 Å². The lowest BCUT2D eigenvalue weighted by Gasteiger charge is -2.71. The third kappa shape index (κ3) is 7.09. The number of aliphatic carboxylic acids is 1. The third-order valence-electron chi connectivity index (χ3n) is 8.26. The van der Waals surface area contributed by atoms with Crippen LogP contribution in [0.1, 0.15) is 24.1 Å². The first-order valence-corrected chi connectivity index (χ1v) is 17.3. The molecule has 0 radical (unpaired) electrons. The van der Waals surface area contributed by atoms with Gasteiger partial charge in [0.05, 0.1) is 13.1 Å². The molecule has 1 aromatic heterocycles. The van der Waals surface area contributed by atoms with Crippen LogP contribution >= 0.6 is 11.3 Å². The highest BCUT2D eigenvalue weighted by Crippen LogP contribution is 2.54. The van der Waals surface area contributed by atoms with E-state index >= 15 is 0 Å². The van der Waals surface area contributed by atoms with Crippen LogP contribution in [0, 0.1) is 5.41 Å². The summed E-state index contributed by atoms with van der Waals surface area (Å²) in [5.74, 6) is -1.87. The normalized spacial score (nSPS) is 24.6. The number of nitrogens with two attached hydrogens (primary N) is 1. The Kier molecular flexibility index (Phi) is 9.59. The average Bonchev–Trinajstić information content (AvgIpc) is 3.66. The van der Waals surface area contributed by atoms with Gasteiger partial charge in [-0.2, -0.15) is 8.42 Å². The first-order valence-electron chi connectivity index (χ1n) is 15.0. The van der Waals surface area contributed by atoms with Crippen molar-refractivity contribution in [1.82, 2.24) is 30.1 Å². The maximum Gasteiger partial charge on any atom is 0.410 e. The second-order valence-electron chi connectivity index (χ2n) is 11.4. The number of carboxylic acid groups (broad SMARTS) is 1. The largest absolute Gasteiger partial charge is 0.489 e. The maximum atomic E-state index is 13.5. The zero-order chi connectivity index (χ0) is 34.9. The van der Waals surface area contributed by atoms with Crippen LogP contribution in [0.3, 0.4) is 0 Å². The Hall–Kier alpha value is -4.61. The van der Waals surface area contributed by atoms with Gasteiger partial charge in [0.15, 0.2) is 22.8 Å². The molecule has 1 aromatic carbocycles. The first kappa shape index (κ1) is 34.3. The van der Waals surface area contributed by atoms with Crippen molar-refractivity contribution < 1.29 is 51.5 Å². The van der Waals surface area contributed by atoms with E-state index in [4.69, 9.17) is 30.2 Å². The smallest absolute Gasteiger partial charge is 0.410 e. The average molecular weight is 724 g/mol. The van der Waals surface area contributed by atoms with Crippen molar-refractivity contribution in [2.24, 2.45) is 5.16 Å². The number of cyclic esters (lactones) is 1. The van der Waals surface area contributed by atoms with Crippen molar-refractivity contribution in [3.63, 3.8) is 0 Å². The molecular weight excluding hydrogens is 690 g/mol. The minimum Gasteiger partial charge on any atom is -0.489 e. The molecule has 20 nitrogen and oxygen atoms in total. The summed E-state index contributed by atoms with van der Waals surface area (Å²) in [7, 11) is -4.79. The molecular formula is C27H33N9O11S2. The molecule has 22 heteroatoms. The highest BCUT2D eigenvalue weighted by Gasteiger charge is 2.80. The van der Waals surface area contributed by atoms with Crippen molar-refractivity contribution in [3.05, 3.63) is 40.9 Å².